The second kappa shape index (κ2) is 3.37. The second-order valence-electron chi connectivity index (χ2n) is 5.27. The highest BCUT2D eigenvalue weighted by atomic mass is 16.2. The van der Waals surface area contributed by atoms with Crippen LogP contribution in [-0.2, 0) is 4.79 Å². The Hall–Kier alpha value is -1.25. The summed E-state index contributed by atoms with van der Waals surface area (Å²) < 4.78 is 2.17. The van der Waals surface area contributed by atoms with Crippen molar-refractivity contribution in [2.75, 3.05) is 13.1 Å². The van der Waals surface area contributed by atoms with Crippen LogP contribution in [0.25, 0.3) is 0 Å². The van der Waals surface area contributed by atoms with Crippen molar-refractivity contribution >= 4 is 5.91 Å². The first-order valence-electron chi connectivity index (χ1n) is 6.14. The Morgan fingerprint density at radius 2 is 1.88 bits per heavy atom. The fourth-order valence-electron chi connectivity index (χ4n) is 2.84. The molecular weight excluding hydrogens is 200 g/mol. The van der Waals surface area contributed by atoms with Crippen LogP contribution in [-0.4, -0.2) is 28.5 Å². The third kappa shape index (κ3) is 1.38. The summed E-state index contributed by atoms with van der Waals surface area (Å²) in [7, 11) is 0. The number of amides is 1. The predicted octanol–water partition coefficient (Wildman–Crippen LogP) is 2.06. The number of likely N-dealkylation sites (tertiary alicyclic amines) is 1. The molecule has 3 rings (SSSR count). The first kappa shape index (κ1) is 9.94. The number of carbonyl (C=O) groups is 1. The van der Waals surface area contributed by atoms with Crippen LogP contribution in [0.15, 0.2) is 24.5 Å². The molecule has 2 aliphatic rings. The van der Waals surface area contributed by atoms with Gasteiger partial charge in [-0.2, -0.15) is 0 Å². The van der Waals surface area contributed by atoms with E-state index < -0.39 is 0 Å². The van der Waals surface area contributed by atoms with Crippen LogP contribution in [0.4, 0.5) is 0 Å². The zero-order chi connectivity index (χ0) is 11.2. The molecule has 1 aliphatic carbocycles. The van der Waals surface area contributed by atoms with Crippen LogP contribution in [0.2, 0.25) is 0 Å². The van der Waals surface area contributed by atoms with E-state index in [9.17, 15) is 4.79 Å². The topological polar surface area (TPSA) is 25.2 Å². The van der Waals surface area contributed by atoms with Gasteiger partial charge in [-0.3, -0.25) is 4.79 Å². The van der Waals surface area contributed by atoms with Gasteiger partial charge in [0.2, 0.25) is 5.91 Å². The third-order valence-corrected chi connectivity index (χ3v) is 4.06. The lowest BCUT2D eigenvalue weighted by atomic mass is 10.1. The van der Waals surface area contributed by atoms with Gasteiger partial charge in [-0.25, -0.2) is 0 Å². The van der Waals surface area contributed by atoms with Crippen molar-refractivity contribution in [3.63, 3.8) is 0 Å². The van der Waals surface area contributed by atoms with Crippen molar-refractivity contribution in [1.82, 2.24) is 9.47 Å². The van der Waals surface area contributed by atoms with Crippen LogP contribution < -0.4 is 0 Å². The van der Waals surface area contributed by atoms with Gasteiger partial charge in [0.25, 0.3) is 0 Å². The number of hydrogen-bond acceptors (Lipinski definition) is 1. The fraction of sp³-hybridized carbons (Fsp3) is 0.615. The molecule has 1 amide bonds. The highest BCUT2D eigenvalue weighted by Crippen LogP contribution is 2.57. The zero-order valence-corrected chi connectivity index (χ0v) is 9.72. The van der Waals surface area contributed by atoms with Gasteiger partial charge < -0.3 is 9.47 Å². The fourth-order valence-corrected chi connectivity index (χ4v) is 2.84. The molecule has 0 radical (unpaired) electrons. The first-order chi connectivity index (χ1) is 7.72. The summed E-state index contributed by atoms with van der Waals surface area (Å²) in [5.74, 6) is 0.365. The van der Waals surface area contributed by atoms with Crippen molar-refractivity contribution in [3.8, 4) is 0 Å². The van der Waals surface area contributed by atoms with Crippen molar-refractivity contribution in [1.29, 1.82) is 0 Å². The number of hydrogen-bond donors (Lipinski definition) is 0. The molecular formula is C13H18N2O. The molecule has 16 heavy (non-hydrogen) atoms. The minimum atomic E-state index is -0.136. The number of carbonyl (C=O) groups excluding carboxylic acids is 1. The molecule has 1 saturated carbocycles. The minimum Gasteiger partial charge on any atom is -0.350 e. The average Bonchev–Trinajstić information content (AvgIpc) is 2.82. The number of nitrogens with zero attached hydrogens (tertiary/aromatic N) is 2. The van der Waals surface area contributed by atoms with Gasteiger partial charge in [-0.1, -0.05) is 0 Å². The molecule has 3 heteroatoms. The summed E-state index contributed by atoms with van der Waals surface area (Å²) in [5.41, 5.74) is -0.136. The maximum atomic E-state index is 12.3. The van der Waals surface area contributed by atoms with Gasteiger partial charge in [-0.15, -0.1) is 0 Å². The monoisotopic (exact) mass is 218 g/mol. The Bertz CT molecular complexity index is 392. The van der Waals surface area contributed by atoms with Crippen molar-refractivity contribution in [2.45, 2.75) is 32.2 Å². The lowest BCUT2D eigenvalue weighted by molar-refractivity contribution is -0.135. The van der Waals surface area contributed by atoms with Gasteiger partial charge in [0.05, 0.1) is 5.41 Å². The lowest BCUT2D eigenvalue weighted by Crippen LogP contribution is -2.34. The Kier molecular flexibility index (Phi) is 2.09. The SMILES string of the molecule is C[C@]1(C(=O)N2CCCC2)C[C@H]1n1cccc1. The molecule has 86 valence electrons. The van der Waals surface area contributed by atoms with Gasteiger partial charge in [-0.05, 0) is 38.3 Å². The largest absolute Gasteiger partial charge is 0.350 e. The summed E-state index contributed by atoms with van der Waals surface area (Å²) in [5, 5.41) is 0. The maximum absolute atomic E-state index is 12.3. The summed E-state index contributed by atoms with van der Waals surface area (Å²) in [6.45, 7) is 4.04. The molecule has 1 aromatic rings. The van der Waals surface area contributed by atoms with Crippen LogP contribution in [0.1, 0.15) is 32.2 Å². The van der Waals surface area contributed by atoms with Crippen LogP contribution >= 0.6 is 0 Å². The molecule has 0 N–H and O–H groups in total. The summed E-state index contributed by atoms with van der Waals surface area (Å²) in [6, 6.07) is 4.44. The molecule has 1 aromatic heterocycles. The molecule has 2 atom stereocenters. The second-order valence-corrected chi connectivity index (χ2v) is 5.27. The summed E-state index contributed by atoms with van der Waals surface area (Å²) >= 11 is 0. The van der Waals surface area contributed by atoms with Crippen molar-refractivity contribution in [3.05, 3.63) is 24.5 Å². The van der Waals surface area contributed by atoms with E-state index in [1.54, 1.807) is 0 Å². The van der Waals surface area contributed by atoms with E-state index >= 15 is 0 Å². The van der Waals surface area contributed by atoms with Gasteiger partial charge >= 0.3 is 0 Å². The minimum absolute atomic E-state index is 0.136. The molecule has 0 aromatic carbocycles. The molecule has 0 unspecified atom stereocenters. The standard InChI is InChI=1S/C13H18N2O/c1-13(12(16)15-8-4-5-9-15)10-11(13)14-6-2-3-7-14/h2-3,6-7,11H,4-5,8-10H2,1H3/t11-,13+/m1/s1. The average molecular weight is 218 g/mol. The molecule has 1 saturated heterocycles. The van der Waals surface area contributed by atoms with E-state index in [4.69, 9.17) is 0 Å². The van der Waals surface area contributed by atoms with E-state index in [1.165, 1.54) is 12.8 Å². The Labute approximate surface area is 96.0 Å². The number of aromatic nitrogens is 1. The Balaban J connectivity index is 1.74. The Morgan fingerprint density at radius 3 is 2.50 bits per heavy atom. The van der Waals surface area contributed by atoms with Crippen LogP contribution in [0, 0.1) is 5.41 Å². The number of rotatable bonds is 2. The highest BCUT2D eigenvalue weighted by molar-refractivity contribution is 5.86. The van der Waals surface area contributed by atoms with Gasteiger partial charge in [0, 0.05) is 31.5 Å². The molecule has 3 nitrogen and oxygen atoms in total. The molecule has 1 aliphatic heterocycles. The summed E-state index contributed by atoms with van der Waals surface area (Å²) in [4.78, 5) is 14.4. The van der Waals surface area contributed by atoms with Gasteiger partial charge in [0.1, 0.15) is 0 Å². The van der Waals surface area contributed by atoms with E-state index in [0.717, 1.165) is 19.5 Å². The zero-order valence-electron chi connectivity index (χ0n) is 9.72. The first-order valence-corrected chi connectivity index (χ1v) is 6.14. The highest BCUT2D eigenvalue weighted by Gasteiger charge is 2.58. The van der Waals surface area contributed by atoms with E-state index in [0.29, 0.717) is 11.9 Å². The Morgan fingerprint density at radius 1 is 1.25 bits per heavy atom. The van der Waals surface area contributed by atoms with E-state index in [-0.39, 0.29) is 5.41 Å². The van der Waals surface area contributed by atoms with Crippen molar-refractivity contribution in [2.24, 2.45) is 5.41 Å². The van der Waals surface area contributed by atoms with Gasteiger partial charge in [0.15, 0.2) is 0 Å². The van der Waals surface area contributed by atoms with E-state index in [2.05, 4.69) is 23.9 Å². The smallest absolute Gasteiger partial charge is 0.230 e. The predicted molar refractivity (Wildman–Crippen MR) is 62.0 cm³/mol. The normalized spacial score (nSPS) is 33.1. The van der Waals surface area contributed by atoms with Crippen LogP contribution in [0.5, 0.6) is 0 Å². The third-order valence-electron chi connectivity index (χ3n) is 4.06. The quantitative estimate of drug-likeness (QED) is 0.746. The molecule has 2 heterocycles. The summed E-state index contributed by atoms with van der Waals surface area (Å²) in [6.07, 6.45) is 7.48. The maximum Gasteiger partial charge on any atom is 0.230 e. The molecule has 2 fully saturated rings. The molecule has 0 bridgehead atoms. The lowest BCUT2D eigenvalue weighted by Gasteiger charge is -2.21. The van der Waals surface area contributed by atoms with Crippen molar-refractivity contribution < 1.29 is 4.79 Å². The van der Waals surface area contributed by atoms with Crippen LogP contribution in [0.3, 0.4) is 0 Å². The molecule has 0 spiro atoms. The van der Waals surface area contributed by atoms with E-state index in [1.807, 2.05) is 17.0 Å².